The topological polar surface area (TPSA) is 62.3 Å². The van der Waals surface area contributed by atoms with Crippen LogP contribution in [0.25, 0.3) is 10.9 Å². The molecular formula is C13H11N3O2. The quantitative estimate of drug-likeness (QED) is 0.799. The fourth-order valence-electron chi connectivity index (χ4n) is 2.10. The van der Waals surface area contributed by atoms with Crippen LogP contribution in [0.1, 0.15) is 0 Å². The molecule has 2 heterocycles. The van der Waals surface area contributed by atoms with Gasteiger partial charge in [0.1, 0.15) is 6.54 Å². The largest absolute Gasteiger partial charge is 0.345 e. The summed E-state index contributed by atoms with van der Waals surface area (Å²) in [5, 5.41) is 3.41. The van der Waals surface area contributed by atoms with Crippen LogP contribution in [0.15, 0.2) is 36.5 Å². The smallest absolute Gasteiger partial charge is 0.246 e. The van der Waals surface area contributed by atoms with Gasteiger partial charge in [-0.15, -0.1) is 0 Å². The fraction of sp³-hybridized carbons (Fsp3) is 0.154. The van der Waals surface area contributed by atoms with Gasteiger partial charge in [0.2, 0.25) is 11.8 Å². The Balaban J connectivity index is 2.13. The van der Waals surface area contributed by atoms with Gasteiger partial charge >= 0.3 is 0 Å². The summed E-state index contributed by atoms with van der Waals surface area (Å²) in [5.41, 5.74) is 1.55. The van der Waals surface area contributed by atoms with Gasteiger partial charge in [0.15, 0.2) is 0 Å². The van der Waals surface area contributed by atoms with Crippen LogP contribution in [0.5, 0.6) is 0 Å². The van der Waals surface area contributed by atoms with E-state index in [9.17, 15) is 9.59 Å². The van der Waals surface area contributed by atoms with Crippen molar-refractivity contribution in [3.63, 3.8) is 0 Å². The molecule has 0 spiro atoms. The molecule has 18 heavy (non-hydrogen) atoms. The number of carbonyl (C=O) groups is 2. The Kier molecular flexibility index (Phi) is 2.44. The highest BCUT2D eigenvalue weighted by molar-refractivity contribution is 6.09. The lowest BCUT2D eigenvalue weighted by Crippen LogP contribution is -2.51. The second-order valence-corrected chi connectivity index (χ2v) is 4.10. The minimum atomic E-state index is -0.143. The zero-order chi connectivity index (χ0) is 12.5. The maximum absolute atomic E-state index is 11.9. The lowest BCUT2D eigenvalue weighted by Gasteiger charge is -2.27. The standard InChI is InChI=1S/C13H11N3O2/c17-12-8-16(13(18)7-15-12)11-5-1-4-10-9(11)3-2-6-14-10/h1-6H,7-8H2,(H,15,17). The van der Waals surface area contributed by atoms with Gasteiger partial charge in [0.25, 0.3) is 0 Å². The third-order valence-corrected chi connectivity index (χ3v) is 2.95. The second kappa shape index (κ2) is 4.10. The Morgan fingerprint density at radius 1 is 1.17 bits per heavy atom. The van der Waals surface area contributed by atoms with E-state index in [-0.39, 0.29) is 24.9 Å². The third-order valence-electron chi connectivity index (χ3n) is 2.95. The number of hydrogen-bond donors (Lipinski definition) is 1. The monoisotopic (exact) mass is 241 g/mol. The maximum atomic E-state index is 11.9. The number of benzene rings is 1. The van der Waals surface area contributed by atoms with Crippen LogP contribution in [0.2, 0.25) is 0 Å². The van der Waals surface area contributed by atoms with Gasteiger partial charge in [0.05, 0.1) is 17.7 Å². The number of pyridine rings is 1. The summed E-state index contributed by atoms with van der Waals surface area (Å²) in [6, 6.07) is 9.27. The van der Waals surface area contributed by atoms with Gasteiger partial charge < -0.3 is 10.2 Å². The highest BCUT2D eigenvalue weighted by Gasteiger charge is 2.25. The number of piperazine rings is 1. The van der Waals surface area contributed by atoms with E-state index in [1.165, 1.54) is 4.90 Å². The molecule has 5 nitrogen and oxygen atoms in total. The molecule has 0 bridgehead atoms. The van der Waals surface area contributed by atoms with Crippen LogP contribution >= 0.6 is 0 Å². The number of anilines is 1. The molecule has 0 atom stereocenters. The zero-order valence-corrected chi connectivity index (χ0v) is 9.59. The lowest BCUT2D eigenvalue weighted by molar-refractivity contribution is -0.128. The highest BCUT2D eigenvalue weighted by Crippen LogP contribution is 2.25. The summed E-state index contributed by atoms with van der Waals surface area (Å²) in [6.45, 7) is 0.113. The number of fused-ring (bicyclic) bond motifs is 1. The molecule has 1 N–H and O–H groups in total. The number of nitrogens with zero attached hydrogens (tertiary/aromatic N) is 2. The molecule has 2 aromatic rings. The molecular weight excluding hydrogens is 230 g/mol. The van der Waals surface area contributed by atoms with Gasteiger partial charge in [-0.1, -0.05) is 6.07 Å². The molecule has 2 amide bonds. The number of aromatic nitrogens is 1. The average Bonchev–Trinajstić information content (AvgIpc) is 2.41. The van der Waals surface area contributed by atoms with Gasteiger partial charge in [0, 0.05) is 11.6 Å². The number of nitrogens with one attached hydrogen (secondary N) is 1. The molecule has 0 radical (unpaired) electrons. The molecule has 0 unspecified atom stereocenters. The maximum Gasteiger partial charge on any atom is 0.246 e. The Labute approximate surface area is 103 Å². The predicted molar refractivity (Wildman–Crippen MR) is 67.1 cm³/mol. The van der Waals surface area contributed by atoms with Crippen molar-refractivity contribution in [2.45, 2.75) is 0 Å². The van der Waals surface area contributed by atoms with E-state index < -0.39 is 0 Å². The molecule has 1 aliphatic rings. The number of hydrogen-bond acceptors (Lipinski definition) is 3. The summed E-state index contributed by atoms with van der Waals surface area (Å²) in [7, 11) is 0. The minimum absolute atomic E-state index is 0.0511. The van der Waals surface area contributed by atoms with Crippen LogP contribution in [0, 0.1) is 0 Å². The van der Waals surface area contributed by atoms with E-state index in [4.69, 9.17) is 0 Å². The van der Waals surface area contributed by atoms with Crippen molar-refractivity contribution in [3.05, 3.63) is 36.5 Å². The molecule has 1 aliphatic heterocycles. The van der Waals surface area contributed by atoms with Crippen LogP contribution in [0.3, 0.4) is 0 Å². The Morgan fingerprint density at radius 3 is 2.94 bits per heavy atom. The first kappa shape index (κ1) is 10.7. The van der Waals surface area contributed by atoms with Crippen LogP contribution in [-0.2, 0) is 9.59 Å². The molecule has 1 fully saturated rings. The lowest BCUT2D eigenvalue weighted by atomic mass is 10.1. The van der Waals surface area contributed by atoms with Gasteiger partial charge in [-0.3, -0.25) is 14.6 Å². The van der Waals surface area contributed by atoms with E-state index in [2.05, 4.69) is 10.3 Å². The first-order valence-corrected chi connectivity index (χ1v) is 5.66. The first-order chi connectivity index (χ1) is 8.75. The number of amides is 2. The van der Waals surface area contributed by atoms with Crippen molar-refractivity contribution in [3.8, 4) is 0 Å². The van der Waals surface area contributed by atoms with Crippen molar-refractivity contribution in [1.29, 1.82) is 0 Å². The number of carbonyl (C=O) groups excluding carboxylic acids is 2. The molecule has 0 aliphatic carbocycles. The summed E-state index contributed by atoms with van der Waals surface area (Å²) in [6.07, 6.45) is 1.71. The summed E-state index contributed by atoms with van der Waals surface area (Å²) >= 11 is 0. The number of rotatable bonds is 1. The molecule has 1 aromatic heterocycles. The van der Waals surface area contributed by atoms with Crippen molar-refractivity contribution < 1.29 is 9.59 Å². The molecule has 3 rings (SSSR count). The first-order valence-electron chi connectivity index (χ1n) is 5.66. The van der Waals surface area contributed by atoms with E-state index >= 15 is 0 Å². The predicted octanol–water partition coefficient (Wildman–Crippen LogP) is 0.698. The van der Waals surface area contributed by atoms with Crippen molar-refractivity contribution in [1.82, 2.24) is 10.3 Å². The van der Waals surface area contributed by atoms with Gasteiger partial charge in [-0.2, -0.15) is 0 Å². The normalized spacial score (nSPS) is 15.9. The van der Waals surface area contributed by atoms with Crippen molar-refractivity contribution in [2.75, 3.05) is 18.0 Å². The summed E-state index contributed by atoms with van der Waals surface area (Å²) < 4.78 is 0. The molecule has 5 heteroatoms. The molecule has 0 saturated carbocycles. The minimum Gasteiger partial charge on any atom is -0.345 e. The Morgan fingerprint density at radius 2 is 2.06 bits per heavy atom. The summed E-state index contributed by atoms with van der Waals surface area (Å²) in [5.74, 6) is -0.249. The molecule has 1 saturated heterocycles. The van der Waals surface area contributed by atoms with Crippen LogP contribution in [-0.4, -0.2) is 29.9 Å². The second-order valence-electron chi connectivity index (χ2n) is 4.10. The Hall–Kier alpha value is -2.43. The van der Waals surface area contributed by atoms with Crippen LogP contribution < -0.4 is 10.2 Å². The fourth-order valence-corrected chi connectivity index (χ4v) is 2.10. The van der Waals surface area contributed by atoms with Crippen LogP contribution in [0.4, 0.5) is 5.69 Å². The van der Waals surface area contributed by atoms with E-state index in [1.807, 2.05) is 30.3 Å². The van der Waals surface area contributed by atoms with Crippen molar-refractivity contribution in [2.24, 2.45) is 0 Å². The SMILES string of the molecule is O=C1CN(c2cccc3ncccc23)C(=O)CN1. The van der Waals surface area contributed by atoms with Crippen molar-refractivity contribution >= 4 is 28.4 Å². The molecule has 90 valence electrons. The zero-order valence-electron chi connectivity index (χ0n) is 9.59. The third kappa shape index (κ3) is 1.69. The summed E-state index contributed by atoms with van der Waals surface area (Å²) in [4.78, 5) is 29.0. The van der Waals surface area contributed by atoms with E-state index in [0.29, 0.717) is 0 Å². The van der Waals surface area contributed by atoms with E-state index in [1.54, 1.807) is 6.20 Å². The van der Waals surface area contributed by atoms with Gasteiger partial charge in [-0.05, 0) is 24.3 Å². The average molecular weight is 241 g/mol. The molecule has 1 aromatic carbocycles. The van der Waals surface area contributed by atoms with Gasteiger partial charge in [-0.25, -0.2) is 0 Å². The Bertz CT molecular complexity index is 634. The van der Waals surface area contributed by atoms with E-state index in [0.717, 1.165) is 16.6 Å². The highest BCUT2D eigenvalue weighted by atomic mass is 16.2.